The van der Waals surface area contributed by atoms with Gasteiger partial charge in [-0.25, -0.2) is 0 Å². The second kappa shape index (κ2) is 5.63. The summed E-state index contributed by atoms with van der Waals surface area (Å²) in [5.41, 5.74) is 0.867. The van der Waals surface area contributed by atoms with Crippen molar-refractivity contribution >= 4 is 0 Å². The summed E-state index contributed by atoms with van der Waals surface area (Å²) in [7, 11) is 0. The lowest BCUT2D eigenvalue weighted by Gasteiger charge is -2.12. The summed E-state index contributed by atoms with van der Waals surface area (Å²) in [5.74, 6) is 0. The van der Waals surface area contributed by atoms with Crippen molar-refractivity contribution in [3.05, 3.63) is 72.1 Å². The van der Waals surface area contributed by atoms with Gasteiger partial charge >= 0.3 is 6.18 Å². The molecule has 3 nitrogen and oxygen atoms in total. The zero-order valence-corrected chi connectivity index (χ0v) is 11.5. The molecule has 0 N–H and O–H groups in total. The highest BCUT2D eigenvalue weighted by Crippen LogP contribution is 2.32. The first-order chi connectivity index (χ1) is 10.5. The molecule has 3 rings (SSSR count). The molecule has 1 aromatic carbocycles. The number of hydrogen-bond acceptors (Lipinski definition) is 2. The fourth-order valence-corrected chi connectivity index (χ4v) is 2.21. The fourth-order valence-electron chi connectivity index (χ4n) is 2.21. The van der Waals surface area contributed by atoms with E-state index in [1.54, 1.807) is 36.7 Å². The normalized spacial score (nSPS) is 11.6. The summed E-state index contributed by atoms with van der Waals surface area (Å²) < 4.78 is 40.4. The molecule has 0 fully saturated rings. The van der Waals surface area contributed by atoms with E-state index in [0.717, 1.165) is 6.07 Å². The fraction of sp³-hybridized carbons (Fsp3) is 0.125. The molecule has 6 heteroatoms. The molecule has 0 aliphatic heterocycles. The van der Waals surface area contributed by atoms with E-state index >= 15 is 0 Å². The first kappa shape index (κ1) is 14.3. The van der Waals surface area contributed by atoms with Crippen LogP contribution >= 0.6 is 0 Å². The minimum atomic E-state index is -4.37. The Morgan fingerprint density at radius 1 is 0.909 bits per heavy atom. The molecular formula is C16H12F3N3. The standard InChI is InChI=1S/C16H12F3N3/c17-16(18,19)13-6-2-1-5-12(13)11-22-10-8-15(21-22)14-7-3-4-9-20-14/h1-10H,11H2. The molecular weight excluding hydrogens is 291 g/mol. The van der Waals surface area contributed by atoms with Crippen LogP contribution < -0.4 is 0 Å². The van der Waals surface area contributed by atoms with Crippen molar-refractivity contribution in [1.29, 1.82) is 0 Å². The lowest BCUT2D eigenvalue weighted by molar-refractivity contribution is -0.138. The Morgan fingerprint density at radius 2 is 1.68 bits per heavy atom. The van der Waals surface area contributed by atoms with Crippen LogP contribution in [0.5, 0.6) is 0 Å². The van der Waals surface area contributed by atoms with Gasteiger partial charge in [0.25, 0.3) is 0 Å². The van der Waals surface area contributed by atoms with Crippen LogP contribution in [0.2, 0.25) is 0 Å². The number of alkyl halides is 3. The Bertz CT molecular complexity index is 764. The predicted molar refractivity (Wildman–Crippen MR) is 76.0 cm³/mol. The molecule has 0 aliphatic rings. The van der Waals surface area contributed by atoms with Crippen molar-refractivity contribution in [2.75, 3.05) is 0 Å². The summed E-state index contributed by atoms with van der Waals surface area (Å²) in [6.07, 6.45) is -1.07. The van der Waals surface area contributed by atoms with E-state index in [2.05, 4.69) is 10.1 Å². The predicted octanol–water partition coefficient (Wildman–Crippen LogP) is 4.01. The van der Waals surface area contributed by atoms with Crippen molar-refractivity contribution in [3.63, 3.8) is 0 Å². The van der Waals surface area contributed by atoms with E-state index < -0.39 is 11.7 Å². The maximum atomic E-state index is 13.0. The van der Waals surface area contributed by atoms with Crippen LogP contribution in [0, 0.1) is 0 Å². The highest BCUT2D eigenvalue weighted by molar-refractivity contribution is 5.52. The number of nitrogens with zero attached hydrogens (tertiary/aromatic N) is 3. The van der Waals surface area contributed by atoms with Gasteiger partial charge < -0.3 is 0 Å². The minimum absolute atomic E-state index is 0.0581. The van der Waals surface area contributed by atoms with Crippen molar-refractivity contribution < 1.29 is 13.2 Å². The van der Waals surface area contributed by atoms with Crippen LogP contribution in [0.1, 0.15) is 11.1 Å². The van der Waals surface area contributed by atoms with Gasteiger partial charge in [-0.05, 0) is 29.8 Å². The van der Waals surface area contributed by atoms with E-state index in [9.17, 15) is 13.2 Å². The Kier molecular flexibility index (Phi) is 3.66. The maximum absolute atomic E-state index is 13.0. The first-order valence-electron chi connectivity index (χ1n) is 6.64. The number of rotatable bonds is 3. The smallest absolute Gasteiger partial charge is 0.268 e. The summed E-state index contributed by atoms with van der Waals surface area (Å²) in [5, 5.41) is 4.29. The third-order valence-corrected chi connectivity index (χ3v) is 3.22. The average Bonchev–Trinajstić information content (AvgIpc) is 2.96. The molecule has 0 atom stereocenters. The highest BCUT2D eigenvalue weighted by atomic mass is 19.4. The molecule has 2 aromatic heterocycles. The first-order valence-corrected chi connectivity index (χ1v) is 6.64. The molecule has 112 valence electrons. The van der Waals surface area contributed by atoms with E-state index in [0.29, 0.717) is 11.4 Å². The van der Waals surface area contributed by atoms with E-state index in [1.807, 2.05) is 6.07 Å². The number of pyridine rings is 1. The van der Waals surface area contributed by atoms with Gasteiger partial charge in [-0.3, -0.25) is 9.67 Å². The summed E-state index contributed by atoms with van der Waals surface area (Å²) in [4.78, 5) is 4.17. The minimum Gasteiger partial charge on any atom is -0.268 e. The molecule has 0 aliphatic carbocycles. The summed E-state index contributed by atoms with van der Waals surface area (Å²) in [6, 6.07) is 12.7. The van der Waals surface area contributed by atoms with Crippen molar-refractivity contribution in [3.8, 4) is 11.4 Å². The van der Waals surface area contributed by atoms with Crippen molar-refractivity contribution in [2.45, 2.75) is 12.7 Å². The van der Waals surface area contributed by atoms with Crippen LogP contribution in [0.4, 0.5) is 13.2 Å². The Labute approximate surface area is 125 Å². The Balaban J connectivity index is 1.88. The monoisotopic (exact) mass is 303 g/mol. The quantitative estimate of drug-likeness (QED) is 0.732. The maximum Gasteiger partial charge on any atom is 0.416 e. The molecule has 0 bridgehead atoms. The molecule has 2 heterocycles. The Hall–Kier alpha value is -2.63. The van der Waals surface area contributed by atoms with Crippen molar-refractivity contribution in [2.24, 2.45) is 0 Å². The van der Waals surface area contributed by atoms with Gasteiger partial charge in [0.2, 0.25) is 0 Å². The molecule has 0 saturated carbocycles. The van der Waals surface area contributed by atoms with Crippen LogP contribution in [-0.4, -0.2) is 14.8 Å². The molecule has 0 radical (unpaired) electrons. The van der Waals surface area contributed by atoms with E-state index in [4.69, 9.17) is 0 Å². The summed E-state index contributed by atoms with van der Waals surface area (Å²) in [6.45, 7) is 0.0581. The molecule has 3 aromatic rings. The zero-order chi connectivity index (χ0) is 15.6. The van der Waals surface area contributed by atoms with E-state index in [-0.39, 0.29) is 12.1 Å². The highest BCUT2D eigenvalue weighted by Gasteiger charge is 2.32. The molecule has 0 unspecified atom stereocenters. The molecule has 0 spiro atoms. The number of aromatic nitrogens is 3. The largest absolute Gasteiger partial charge is 0.416 e. The lowest BCUT2D eigenvalue weighted by atomic mass is 10.1. The van der Waals surface area contributed by atoms with Gasteiger partial charge in [-0.1, -0.05) is 24.3 Å². The van der Waals surface area contributed by atoms with Gasteiger partial charge in [0.1, 0.15) is 5.69 Å². The van der Waals surface area contributed by atoms with Gasteiger partial charge in [0.05, 0.1) is 17.8 Å². The van der Waals surface area contributed by atoms with Crippen LogP contribution in [-0.2, 0) is 12.7 Å². The lowest BCUT2D eigenvalue weighted by Crippen LogP contribution is -2.11. The van der Waals surface area contributed by atoms with Crippen LogP contribution in [0.15, 0.2) is 60.9 Å². The van der Waals surface area contributed by atoms with Gasteiger partial charge in [-0.15, -0.1) is 0 Å². The second-order valence-electron chi connectivity index (χ2n) is 4.77. The van der Waals surface area contributed by atoms with Gasteiger partial charge in [-0.2, -0.15) is 18.3 Å². The number of hydrogen-bond donors (Lipinski definition) is 0. The zero-order valence-electron chi connectivity index (χ0n) is 11.5. The third kappa shape index (κ3) is 3.00. The molecule has 0 amide bonds. The van der Waals surface area contributed by atoms with Gasteiger partial charge in [0, 0.05) is 12.4 Å². The van der Waals surface area contributed by atoms with Crippen molar-refractivity contribution in [1.82, 2.24) is 14.8 Å². The topological polar surface area (TPSA) is 30.7 Å². The second-order valence-corrected chi connectivity index (χ2v) is 4.77. The third-order valence-electron chi connectivity index (χ3n) is 3.22. The molecule has 22 heavy (non-hydrogen) atoms. The van der Waals surface area contributed by atoms with Crippen LogP contribution in [0.25, 0.3) is 11.4 Å². The molecule has 0 saturated heterocycles. The van der Waals surface area contributed by atoms with Gasteiger partial charge in [0.15, 0.2) is 0 Å². The summed E-state index contributed by atoms with van der Waals surface area (Å²) >= 11 is 0. The Morgan fingerprint density at radius 3 is 2.41 bits per heavy atom. The average molecular weight is 303 g/mol. The SMILES string of the molecule is FC(F)(F)c1ccccc1Cn1ccc(-c2ccccn2)n1. The number of benzene rings is 1. The number of halogens is 3. The van der Waals surface area contributed by atoms with Crippen LogP contribution in [0.3, 0.4) is 0 Å². The van der Waals surface area contributed by atoms with E-state index in [1.165, 1.54) is 16.8 Å².